The van der Waals surface area contributed by atoms with E-state index in [1.165, 1.54) is 49.0 Å². The SMILES string of the molecule is COC(=O)c1sc2nc(CN3CCCCC3C)ccc2c1NC(=O)c1ccc(C)s1. The number of amides is 1. The van der Waals surface area contributed by atoms with Crippen LogP contribution in [0, 0.1) is 6.92 Å². The third-order valence-electron chi connectivity index (χ3n) is 5.49. The highest BCUT2D eigenvalue weighted by Crippen LogP contribution is 2.36. The maximum Gasteiger partial charge on any atom is 0.350 e. The lowest BCUT2D eigenvalue weighted by Gasteiger charge is -2.32. The average molecular weight is 444 g/mol. The van der Waals surface area contributed by atoms with E-state index in [0.717, 1.165) is 33.9 Å². The zero-order chi connectivity index (χ0) is 21.3. The summed E-state index contributed by atoms with van der Waals surface area (Å²) in [6.07, 6.45) is 3.72. The van der Waals surface area contributed by atoms with E-state index in [4.69, 9.17) is 9.72 Å². The lowest BCUT2D eigenvalue weighted by Crippen LogP contribution is -2.36. The standard InChI is InChI=1S/C22H25N3O3S2/c1-13-6-4-5-11-25(13)12-15-8-9-16-18(19(22(27)28-3)30-21(16)23-15)24-20(26)17-10-7-14(2)29-17/h7-10,13H,4-6,11-12H2,1-3H3,(H,24,26). The highest BCUT2D eigenvalue weighted by Gasteiger charge is 2.24. The molecular weight excluding hydrogens is 418 g/mol. The molecule has 1 N–H and O–H groups in total. The summed E-state index contributed by atoms with van der Waals surface area (Å²) in [6.45, 7) is 6.09. The largest absolute Gasteiger partial charge is 0.465 e. The first-order valence-electron chi connectivity index (χ1n) is 10.1. The summed E-state index contributed by atoms with van der Waals surface area (Å²) in [7, 11) is 1.34. The number of rotatable bonds is 5. The number of nitrogens with one attached hydrogen (secondary N) is 1. The summed E-state index contributed by atoms with van der Waals surface area (Å²) in [6, 6.07) is 8.18. The van der Waals surface area contributed by atoms with Gasteiger partial charge >= 0.3 is 5.97 Å². The van der Waals surface area contributed by atoms with Gasteiger partial charge in [-0.05, 0) is 57.5 Å². The van der Waals surface area contributed by atoms with E-state index in [-0.39, 0.29) is 5.91 Å². The number of aryl methyl sites for hydroxylation is 1. The topological polar surface area (TPSA) is 71.5 Å². The Labute approximate surface area is 183 Å². The van der Waals surface area contributed by atoms with Gasteiger partial charge in [-0.1, -0.05) is 6.42 Å². The number of fused-ring (bicyclic) bond motifs is 1. The highest BCUT2D eigenvalue weighted by atomic mass is 32.1. The summed E-state index contributed by atoms with van der Waals surface area (Å²) in [5.41, 5.74) is 1.45. The Morgan fingerprint density at radius 1 is 1.23 bits per heavy atom. The quantitative estimate of drug-likeness (QED) is 0.557. The van der Waals surface area contributed by atoms with Gasteiger partial charge in [0, 0.05) is 22.8 Å². The maximum absolute atomic E-state index is 12.7. The average Bonchev–Trinajstić information content (AvgIpc) is 3.33. The van der Waals surface area contributed by atoms with Crippen LogP contribution in [0.25, 0.3) is 10.2 Å². The van der Waals surface area contributed by atoms with Crippen molar-refractivity contribution in [3.8, 4) is 0 Å². The first-order chi connectivity index (χ1) is 14.5. The number of carbonyl (C=O) groups excluding carboxylic acids is 2. The van der Waals surface area contributed by atoms with E-state index >= 15 is 0 Å². The van der Waals surface area contributed by atoms with Crippen LogP contribution in [-0.2, 0) is 11.3 Å². The van der Waals surface area contributed by atoms with Crippen LogP contribution in [0.15, 0.2) is 24.3 Å². The number of pyridine rings is 1. The van der Waals surface area contributed by atoms with E-state index in [2.05, 4.69) is 17.1 Å². The molecule has 0 spiro atoms. The fourth-order valence-electron chi connectivity index (χ4n) is 3.80. The number of hydrogen-bond acceptors (Lipinski definition) is 7. The van der Waals surface area contributed by atoms with Crippen LogP contribution in [0.3, 0.4) is 0 Å². The van der Waals surface area contributed by atoms with Gasteiger partial charge in [0.25, 0.3) is 5.91 Å². The zero-order valence-electron chi connectivity index (χ0n) is 17.4. The van der Waals surface area contributed by atoms with E-state index < -0.39 is 5.97 Å². The van der Waals surface area contributed by atoms with E-state index in [1.807, 2.05) is 25.1 Å². The summed E-state index contributed by atoms with van der Waals surface area (Å²) < 4.78 is 4.95. The highest BCUT2D eigenvalue weighted by molar-refractivity contribution is 7.21. The van der Waals surface area contributed by atoms with Crippen molar-refractivity contribution in [1.82, 2.24) is 9.88 Å². The summed E-state index contributed by atoms with van der Waals surface area (Å²) in [5, 5.41) is 3.68. The van der Waals surface area contributed by atoms with Crippen molar-refractivity contribution in [2.45, 2.75) is 45.7 Å². The van der Waals surface area contributed by atoms with Crippen molar-refractivity contribution >= 4 is 50.5 Å². The molecule has 8 heteroatoms. The Kier molecular flexibility index (Phi) is 6.17. The number of esters is 1. The van der Waals surface area contributed by atoms with Crippen LogP contribution < -0.4 is 5.32 Å². The number of anilines is 1. The predicted molar refractivity (Wildman–Crippen MR) is 122 cm³/mol. The number of thiophene rings is 2. The number of likely N-dealkylation sites (tertiary alicyclic amines) is 1. The molecule has 0 bridgehead atoms. The molecule has 158 valence electrons. The Balaban J connectivity index is 1.66. The molecule has 4 rings (SSSR count). The minimum atomic E-state index is -0.470. The number of aromatic nitrogens is 1. The van der Waals surface area contributed by atoms with E-state index in [0.29, 0.717) is 21.5 Å². The van der Waals surface area contributed by atoms with Gasteiger partial charge in [-0.2, -0.15) is 0 Å². The Hall–Kier alpha value is -2.29. The Morgan fingerprint density at radius 2 is 2.07 bits per heavy atom. The van der Waals surface area contributed by atoms with Crippen LogP contribution in [-0.4, -0.2) is 41.5 Å². The monoisotopic (exact) mass is 443 g/mol. The second kappa shape index (κ2) is 8.83. The van der Waals surface area contributed by atoms with Crippen LogP contribution in [0.2, 0.25) is 0 Å². The smallest absolute Gasteiger partial charge is 0.350 e. The van der Waals surface area contributed by atoms with E-state index in [9.17, 15) is 9.59 Å². The van der Waals surface area contributed by atoms with E-state index in [1.54, 1.807) is 6.07 Å². The number of carbonyl (C=O) groups is 2. The second-order valence-electron chi connectivity index (χ2n) is 7.63. The molecule has 1 aliphatic heterocycles. The molecule has 1 saturated heterocycles. The number of hydrogen-bond donors (Lipinski definition) is 1. The molecule has 1 aliphatic rings. The fraction of sp³-hybridized carbons (Fsp3) is 0.409. The predicted octanol–water partition coefficient (Wildman–Crippen LogP) is 5.08. The Bertz CT molecular complexity index is 1090. The van der Waals surface area contributed by atoms with Gasteiger partial charge in [0.15, 0.2) is 0 Å². The van der Waals surface area contributed by atoms with Crippen LogP contribution >= 0.6 is 22.7 Å². The minimum Gasteiger partial charge on any atom is -0.465 e. The molecule has 0 aliphatic carbocycles. The van der Waals surface area contributed by atoms with Crippen LogP contribution in [0.4, 0.5) is 5.69 Å². The van der Waals surface area contributed by atoms with Crippen molar-refractivity contribution < 1.29 is 14.3 Å². The molecule has 3 aromatic rings. The molecule has 3 aromatic heterocycles. The molecule has 1 fully saturated rings. The first-order valence-corrected chi connectivity index (χ1v) is 11.7. The molecule has 1 atom stereocenters. The van der Waals surface area contributed by atoms with Crippen molar-refractivity contribution in [1.29, 1.82) is 0 Å². The summed E-state index contributed by atoms with van der Waals surface area (Å²) >= 11 is 2.68. The summed E-state index contributed by atoms with van der Waals surface area (Å²) in [4.78, 5) is 35.1. The lowest BCUT2D eigenvalue weighted by molar-refractivity contribution is 0.0607. The fourth-order valence-corrected chi connectivity index (χ4v) is 5.63. The first kappa shape index (κ1) is 21.0. The molecular formula is C22H25N3O3S2. The molecule has 4 heterocycles. The molecule has 6 nitrogen and oxygen atoms in total. The minimum absolute atomic E-state index is 0.232. The normalized spacial score (nSPS) is 17.2. The lowest BCUT2D eigenvalue weighted by atomic mass is 10.0. The van der Waals surface area contributed by atoms with Crippen molar-refractivity contribution in [3.63, 3.8) is 0 Å². The molecule has 1 unspecified atom stereocenters. The van der Waals surface area contributed by atoms with Gasteiger partial charge in [0.1, 0.15) is 9.71 Å². The Morgan fingerprint density at radius 3 is 2.77 bits per heavy atom. The van der Waals surface area contributed by atoms with Gasteiger partial charge in [0.2, 0.25) is 0 Å². The molecule has 0 radical (unpaired) electrons. The number of methoxy groups -OCH3 is 1. The van der Waals surface area contributed by atoms with Gasteiger partial charge in [0.05, 0.1) is 23.4 Å². The second-order valence-corrected chi connectivity index (χ2v) is 9.92. The number of piperidine rings is 1. The molecule has 1 amide bonds. The van der Waals surface area contributed by atoms with Crippen LogP contribution in [0.1, 0.15) is 56.1 Å². The third kappa shape index (κ3) is 4.26. The van der Waals surface area contributed by atoms with Crippen LogP contribution in [0.5, 0.6) is 0 Å². The molecule has 0 aromatic carbocycles. The van der Waals surface area contributed by atoms with Crippen molar-refractivity contribution in [3.05, 3.63) is 44.6 Å². The maximum atomic E-state index is 12.7. The van der Waals surface area contributed by atoms with Gasteiger partial charge in [-0.25, -0.2) is 9.78 Å². The third-order valence-corrected chi connectivity index (χ3v) is 7.57. The van der Waals surface area contributed by atoms with Gasteiger partial charge in [-0.15, -0.1) is 22.7 Å². The van der Waals surface area contributed by atoms with Crippen molar-refractivity contribution in [2.24, 2.45) is 0 Å². The molecule has 30 heavy (non-hydrogen) atoms. The zero-order valence-corrected chi connectivity index (χ0v) is 19.0. The number of nitrogens with zero attached hydrogens (tertiary/aromatic N) is 2. The number of ether oxygens (including phenoxy) is 1. The molecule has 0 saturated carbocycles. The van der Waals surface area contributed by atoms with Gasteiger partial charge in [-0.3, -0.25) is 9.69 Å². The van der Waals surface area contributed by atoms with Crippen molar-refractivity contribution in [2.75, 3.05) is 19.0 Å². The summed E-state index contributed by atoms with van der Waals surface area (Å²) in [5.74, 6) is -0.703. The van der Waals surface area contributed by atoms with Gasteiger partial charge < -0.3 is 10.1 Å².